The van der Waals surface area contributed by atoms with E-state index in [2.05, 4.69) is 9.97 Å². The van der Waals surface area contributed by atoms with Crippen LogP contribution in [0, 0.1) is 5.82 Å². The molecule has 0 radical (unpaired) electrons. The molecule has 27 heavy (non-hydrogen) atoms. The number of nitrogens with one attached hydrogen (secondary N) is 1. The SMILES string of the molecule is O=C(c1ccccc1-c1ncc[nH]1)N1CCC(Oc2cccc(F)c2)CC1. The summed E-state index contributed by atoms with van der Waals surface area (Å²) in [6.45, 7) is 1.20. The van der Waals surface area contributed by atoms with Gasteiger partial charge in [0.25, 0.3) is 5.91 Å². The Morgan fingerprint density at radius 3 is 2.70 bits per heavy atom. The fraction of sp³-hybridized carbons (Fsp3) is 0.238. The zero-order valence-electron chi connectivity index (χ0n) is 14.8. The van der Waals surface area contributed by atoms with Gasteiger partial charge < -0.3 is 14.6 Å². The number of H-pyrrole nitrogens is 1. The Bertz CT molecular complexity index is 919. The van der Waals surface area contributed by atoms with Crippen molar-refractivity contribution in [3.8, 4) is 17.1 Å². The highest BCUT2D eigenvalue weighted by molar-refractivity contribution is 6.00. The van der Waals surface area contributed by atoms with E-state index < -0.39 is 0 Å². The molecule has 2 aromatic carbocycles. The van der Waals surface area contributed by atoms with Crippen LogP contribution in [0.2, 0.25) is 0 Å². The predicted octanol–water partition coefficient (Wildman–Crippen LogP) is 3.90. The second-order valence-electron chi connectivity index (χ2n) is 6.55. The van der Waals surface area contributed by atoms with Gasteiger partial charge in [0, 0.05) is 50.0 Å². The summed E-state index contributed by atoms with van der Waals surface area (Å²) in [5.41, 5.74) is 1.43. The molecule has 1 aliphatic rings. The molecule has 5 nitrogen and oxygen atoms in total. The topological polar surface area (TPSA) is 58.2 Å². The Hall–Kier alpha value is -3.15. The minimum atomic E-state index is -0.311. The van der Waals surface area contributed by atoms with Crippen molar-refractivity contribution in [3.05, 3.63) is 72.3 Å². The third kappa shape index (κ3) is 3.84. The maximum absolute atomic E-state index is 13.3. The van der Waals surface area contributed by atoms with Gasteiger partial charge in [-0.3, -0.25) is 4.79 Å². The van der Waals surface area contributed by atoms with E-state index in [0.29, 0.717) is 43.1 Å². The molecule has 4 rings (SSSR count). The molecule has 0 aliphatic carbocycles. The van der Waals surface area contributed by atoms with Gasteiger partial charge >= 0.3 is 0 Å². The van der Waals surface area contributed by atoms with Crippen LogP contribution in [0.15, 0.2) is 60.9 Å². The Labute approximate surface area is 156 Å². The van der Waals surface area contributed by atoms with Crippen molar-refractivity contribution in [2.75, 3.05) is 13.1 Å². The summed E-state index contributed by atoms with van der Waals surface area (Å²) in [4.78, 5) is 22.2. The van der Waals surface area contributed by atoms with Crippen LogP contribution in [0.5, 0.6) is 5.75 Å². The van der Waals surface area contributed by atoms with Crippen LogP contribution < -0.4 is 4.74 Å². The molecule has 0 unspecified atom stereocenters. The summed E-state index contributed by atoms with van der Waals surface area (Å²) in [7, 11) is 0. The number of hydrogen-bond acceptors (Lipinski definition) is 3. The molecule has 1 fully saturated rings. The summed E-state index contributed by atoms with van der Waals surface area (Å²) >= 11 is 0. The number of aromatic nitrogens is 2. The third-order valence-corrected chi connectivity index (χ3v) is 4.74. The quantitative estimate of drug-likeness (QED) is 0.763. The number of benzene rings is 2. The second-order valence-corrected chi connectivity index (χ2v) is 6.55. The maximum atomic E-state index is 13.3. The molecule has 0 bridgehead atoms. The minimum Gasteiger partial charge on any atom is -0.490 e. The first-order chi connectivity index (χ1) is 13.2. The van der Waals surface area contributed by atoms with Gasteiger partial charge in [0.2, 0.25) is 0 Å². The van der Waals surface area contributed by atoms with Gasteiger partial charge in [-0.2, -0.15) is 0 Å². The zero-order valence-corrected chi connectivity index (χ0v) is 14.8. The van der Waals surface area contributed by atoms with E-state index in [1.165, 1.54) is 12.1 Å². The molecule has 1 aliphatic heterocycles. The summed E-state index contributed by atoms with van der Waals surface area (Å²) in [6.07, 6.45) is 4.82. The number of amides is 1. The molecule has 2 heterocycles. The zero-order chi connectivity index (χ0) is 18.6. The number of hydrogen-bond donors (Lipinski definition) is 1. The van der Waals surface area contributed by atoms with E-state index in [1.54, 1.807) is 24.5 Å². The minimum absolute atomic E-state index is 0.00814. The molecule has 1 aromatic heterocycles. The molecule has 1 N–H and O–H groups in total. The molecule has 0 saturated carbocycles. The molecule has 6 heteroatoms. The lowest BCUT2D eigenvalue weighted by atomic mass is 10.0. The smallest absolute Gasteiger partial charge is 0.254 e. The van der Waals surface area contributed by atoms with Crippen LogP contribution in [0.3, 0.4) is 0 Å². The standard InChI is InChI=1S/C21H20FN3O2/c22-15-4-3-5-17(14-15)27-16-8-12-25(13-9-16)21(26)19-7-2-1-6-18(19)20-23-10-11-24-20/h1-7,10-11,14,16H,8-9,12-13H2,(H,23,24). The maximum Gasteiger partial charge on any atom is 0.254 e. The van der Waals surface area contributed by atoms with Crippen LogP contribution in [-0.4, -0.2) is 40.0 Å². The monoisotopic (exact) mass is 365 g/mol. The van der Waals surface area contributed by atoms with Crippen molar-refractivity contribution in [2.24, 2.45) is 0 Å². The number of carbonyl (C=O) groups is 1. The highest BCUT2D eigenvalue weighted by Gasteiger charge is 2.26. The van der Waals surface area contributed by atoms with Gasteiger partial charge in [-0.05, 0) is 18.2 Å². The molecule has 138 valence electrons. The van der Waals surface area contributed by atoms with Crippen LogP contribution in [0.25, 0.3) is 11.4 Å². The molecule has 0 spiro atoms. The van der Waals surface area contributed by atoms with Gasteiger partial charge in [0.15, 0.2) is 0 Å². The van der Waals surface area contributed by atoms with E-state index in [9.17, 15) is 9.18 Å². The Kier molecular flexibility index (Phi) is 4.87. The van der Waals surface area contributed by atoms with Crippen LogP contribution in [0.4, 0.5) is 4.39 Å². The number of piperidine rings is 1. The van der Waals surface area contributed by atoms with Gasteiger partial charge in [0.1, 0.15) is 23.5 Å². The Balaban J connectivity index is 1.42. The number of rotatable bonds is 4. The second kappa shape index (κ2) is 7.61. The lowest BCUT2D eigenvalue weighted by Gasteiger charge is -2.32. The van der Waals surface area contributed by atoms with Crippen molar-refractivity contribution in [1.29, 1.82) is 0 Å². The van der Waals surface area contributed by atoms with Crippen LogP contribution in [-0.2, 0) is 0 Å². The first-order valence-electron chi connectivity index (χ1n) is 9.01. The van der Waals surface area contributed by atoms with Crippen molar-refractivity contribution in [3.63, 3.8) is 0 Å². The van der Waals surface area contributed by atoms with Crippen LogP contribution >= 0.6 is 0 Å². The number of imidazole rings is 1. The average Bonchev–Trinajstić information content (AvgIpc) is 3.23. The molecular formula is C21H20FN3O2. The van der Waals surface area contributed by atoms with Crippen LogP contribution in [0.1, 0.15) is 23.2 Å². The largest absolute Gasteiger partial charge is 0.490 e. The Morgan fingerprint density at radius 2 is 1.96 bits per heavy atom. The van der Waals surface area contributed by atoms with E-state index in [-0.39, 0.29) is 17.8 Å². The predicted molar refractivity (Wildman–Crippen MR) is 100.0 cm³/mol. The Morgan fingerprint density at radius 1 is 1.15 bits per heavy atom. The van der Waals surface area contributed by atoms with Gasteiger partial charge in [0.05, 0.1) is 5.56 Å². The van der Waals surface area contributed by atoms with E-state index in [4.69, 9.17) is 4.74 Å². The summed E-state index contributed by atoms with van der Waals surface area (Å²) in [5, 5.41) is 0. The summed E-state index contributed by atoms with van der Waals surface area (Å²) in [6, 6.07) is 13.6. The number of carbonyl (C=O) groups excluding carboxylic acids is 1. The molecule has 1 amide bonds. The average molecular weight is 365 g/mol. The first-order valence-corrected chi connectivity index (χ1v) is 9.01. The molecule has 3 aromatic rings. The van der Waals surface area contributed by atoms with Crippen molar-refractivity contribution >= 4 is 5.91 Å². The highest BCUT2D eigenvalue weighted by atomic mass is 19.1. The van der Waals surface area contributed by atoms with Gasteiger partial charge in [-0.15, -0.1) is 0 Å². The number of ether oxygens (including phenoxy) is 1. The summed E-state index contributed by atoms with van der Waals surface area (Å²) < 4.78 is 19.2. The molecular weight excluding hydrogens is 345 g/mol. The van der Waals surface area contributed by atoms with Crippen molar-refractivity contribution in [2.45, 2.75) is 18.9 Å². The number of nitrogens with zero attached hydrogens (tertiary/aromatic N) is 2. The fourth-order valence-corrected chi connectivity index (χ4v) is 3.37. The van der Waals surface area contributed by atoms with Crippen molar-refractivity contribution < 1.29 is 13.9 Å². The molecule has 0 atom stereocenters. The lowest BCUT2D eigenvalue weighted by Crippen LogP contribution is -2.42. The lowest BCUT2D eigenvalue weighted by molar-refractivity contribution is 0.0596. The normalized spacial score (nSPS) is 14.9. The number of likely N-dealkylation sites (tertiary alicyclic amines) is 1. The van der Waals surface area contributed by atoms with E-state index in [0.717, 1.165) is 5.56 Å². The van der Waals surface area contributed by atoms with Gasteiger partial charge in [-0.1, -0.05) is 24.3 Å². The van der Waals surface area contributed by atoms with Crippen molar-refractivity contribution in [1.82, 2.24) is 14.9 Å². The van der Waals surface area contributed by atoms with Gasteiger partial charge in [-0.25, -0.2) is 9.37 Å². The first kappa shape index (κ1) is 17.3. The third-order valence-electron chi connectivity index (χ3n) is 4.74. The fourth-order valence-electron chi connectivity index (χ4n) is 3.37. The number of halogens is 1. The van der Waals surface area contributed by atoms with E-state index >= 15 is 0 Å². The summed E-state index contributed by atoms with van der Waals surface area (Å²) in [5.74, 6) is 0.895. The number of aromatic amines is 1. The molecule has 1 saturated heterocycles. The highest BCUT2D eigenvalue weighted by Crippen LogP contribution is 2.24. The van der Waals surface area contributed by atoms with E-state index in [1.807, 2.05) is 29.2 Å².